The van der Waals surface area contributed by atoms with Crippen LogP contribution >= 0.6 is 0 Å². The van der Waals surface area contributed by atoms with Crippen molar-refractivity contribution in [2.75, 3.05) is 0 Å². The number of ketones is 1. The van der Waals surface area contributed by atoms with Crippen LogP contribution in [-0.4, -0.2) is 10.4 Å². The second-order valence-corrected chi connectivity index (χ2v) is 4.31. The van der Waals surface area contributed by atoms with Gasteiger partial charge >= 0.3 is 0 Å². The average molecular weight is 250 g/mol. The monoisotopic (exact) mass is 250 g/mol. The third-order valence-electron chi connectivity index (χ3n) is 2.90. The number of hydrogen-bond donors (Lipinski definition) is 0. The van der Waals surface area contributed by atoms with Crippen LogP contribution in [0.25, 0.3) is 6.08 Å². The first-order chi connectivity index (χ1) is 9.20. The van der Waals surface area contributed by atoms with E-state index in [2.05, 4.69) is 0 Å². The molecule has 0 spiro atoms. The molecule has 0 unspecified atom stereocenters. The van der Waals surface area contributed by atoms with Crippen LogP contribution in [-0.2, 0) is 13.5 Å². The number of hydrogen-bond acceptors (Lipinski definition) is 2. The molecule has 0 aliphatic carbocycles. The van der Waals surface area contributed by atoms with Crippen LogP contribution in [0.15, 0.2) is 48.7 Å². The normalized spacial score (nSPS) is 10.5. The highest BCUT2D eigenvalue weighted by molar-refractivity contribution is 5.98. The van der Waals surface area contributed by atoms with Gasteiger partial charge in [0.05, 0.1) is 6.07 Å². The molecule has 0 aliphatic heterocycles. The number of aromatic nitrogens is 1. The largest absolute Gasteiger partial charge is 0.350 e. The molecule has 1 heterocycles. The fourth-order valence-electron chi connectivity index (χ4n) is 1.91. The van der Waals surface area contributed by atoms with E-state index in [4.69, 9.17) is 5.26 Å². The second kappa shape index (κ2) is 5.83. The van der Waals surface area contributed by atoms with E-state index in [1.807, 2.05) is 48.0 Å². The molecular formula is C16H14N2O. The SMILES string of the molecule is Cn1cc(C(=O)Cc2ccccc2)cc1/C=C/C#N. The summed E-state index contributed by atoms with van der Waals surface area (Å²) in [5.74, 6) is 0.0819. The molecule has 0 saturated heterocycles. The molecule has 0 atom stereocenters. The maximum absolute atomic E-state index is 12.2. The van der Waals surface area contributed by atoms with Gasteiger partial charge in [-0.15, -0.1) is 0 Å². The van der Waals surface area contributed by atoms with Gasteiger partial charge in [0.2, 0.25) is 0 Å². The molecule has 0 N–H and O–H groups in total. The maximum Gasteiger partial charge on any atom is 0.168 e. The average Bonchev–Trinajstić information content (AvgIpc) is 2.79. The molecule has 19 heavy (non-hydrogen) atoms. The second-order valence-electron chi connectivity index (χ2n) is 4.31. The maximum atomic E-state index is 12.2. The smallest absolute Gasteiger partial charge is 0.168 e. The van der Waals surface area contributed by atoms with Gasteiger partial charge in [0.15, 0.2) is 5.78 Å². The van der Waals surface area contributed by atoms with Gasteiger partial charge in [-0.2, -0.15) is 5.26 Å². The Morgan fingerprint density at radius 1 is 1.37 bits per heavy atom. The minimum atomic E-state index is 0.0819. The zero-order valence-electron chi connectivity index (χ0n) is 10.7. The van der Waals surface area contributed by atoms with Crippen molar-refractivity contribution in [1.82, 2.24) is 4.57 Å². The summed E-state index contributed by atoms with van der Waals surface area (Å²) >= 11 is 0. The minimum Gasteiger partial charge on any atom is -0.350 e. The van der Waals surface area contributed by atoms with Crippen LogP contribution in [0.1, 0.15) is 21.6 Å². The molecule has 94 valence electrons. The number of rotatable bonds is 4. The number of nitriles is 1. The first-order valence-electron chi connectivity index (χ1n) is 6.00. The van der Waals surface area contributed by atoms with Crippen molar-refractivity contribution in [1.29, 1.82) is 5.26 Å². The summed E-state index contributed by atoms with van der Waals surface area (Å²) in [5, 5.41) is 8.52. The van der Waals surface area contributed by atoms with E-state index in [0.29, 0.717) is 12.0 Å². The van der Waals surface area contributed by atoms with Crippen LogP contribution in [0.5, 0.6) is 0 Å². The first kappa shape index (κ1) is 12.8. The molecule has 0 amide bonds. The fraction of sp³-hybridized carbons (Fsp3) is 0.125. The van der Waals surface area contributed by atoms with Crippen LogP contribution in [0, 0.1) is 11.3 Å². The highest BCUT2D eigenvalue weighted by Crippen LogP contribution is 2.12. The van der Waals surface area contributed by atoms with Crippen molar-refractivity contribution in [2.45, 2.75) is 6.42 Å². The summed E-state index contributed by atoms with van der Waals surface area (Å²) in [6.45, 7) is 0. The summed E-state index contributed by atoms with van der Waals surface area (Å²) in [6, 6.07) is 13.4. The van der Waals surface area contributed by atoms with E-state index in [0.717, 1.165) is 11.3 Å². The molecule has 2 rings (SSSR count). The minimum absolute atomic E-state index is 0.0819. The highest BCUT2D eigenvalue weighted by atomic mass is 16.1. The van der Waals surface area contributed by atoms with E-state index < -0.39 is 0 Å². The van der Waals surface area contributed by atoms with Gasteiger partial charge in [-0.3, -0.25) is 4.79 Å². The number of carbonyl (C=O) groups is 1. The van der Waals surface area contributed by atoms with Crippen LogP contribution in [0.4, 0.5) is 0 Å². The molecule has 1 aromatic carbocycles. The predicted molar refractivity (Wildman–Crippen MR) is 74.5 cm³/mol. The lowest BCUT2D eigenvalue weighted by Gasteiger charge is -1.98. The molecule has 0 bridgehead atoms. The van der Waals surface area contributed by atoms with Crippen molar-refractivity contribution in [3.63, 3.8) is 0 Å². The number of Topliss-reactive ketones (excluding diaryl/α,β-unsaturated/α-hetero) is 1. The highest BCUT2D eigenvalue weighted by Gasteiger charge is 2.10. The molecular weight excluding hydrogens is 236 g/mol. The molecule has 0 aliphatic rings. The third kappa shape index (κ3) is 3.20. The Labute approximate surface area is 112 Å². The lowest BCUT2D eigenvalue weighted by molar-refractivity contribution is 0.0993. The Morgan fingerprint density at radius 2 is 2.11 bits per heavy atom. The van der Waals surface area contributed by atoms with Crippen LogP contribution < -0.4 is 0 Å². The van der Waals surface area contributed by atoms with E-state index in [1.54, 1.807) is 18.3 Å². The molecule has 3 nitrogen and oxygen atoms in total. The van der Waals surface area contributed by atoms with E-state index >= 15 is 0 Å². The van der Waals surface area contributed by atoms with Crippen molar-refractivity contribution in [3.05, 3.63) is 65.5 Å². The van der Waals surface area contributed by atoms with Gasteiger partial charge in [-0.1, -0.05) is 30.3 Å². The zero-order chi connectivity index (χ0) is 13.7. The summed E-state index contributed by atoms with van der Waals surface area (Å²) in [6.07, 6.45) is 5.29. The number of benzene rings is 1. The van der Waals surface area contributed by atoms with Crippen molar-refractivity contribution in [3.8, 4) is 6.07 Å². The summed E-state index contributed by atoms with van der Waals surface area (Å²) < 4.78 is 1.84. The molecule has 1 aromatic heterocycles. The Bertz CT molecular complexity index is 645. The van der Waals surface area contributed by atoms with Gasteiger partial charge in [0.1, 0.15) is 0 Å². The Balaban J connectivity index is 2.17. The number of carbonyl (C=O) groups excluding carboxylic acids is 1. The van der Waals surface area contributed by atoms with Crippen molar-refractivity contribution >= 4 is 11.9 Å². The van der Waals surface area contributed by atoms with Gasteiger partial charge in [-0.05, 0) is 17.7 Å². The van der Waals surface area contributed by atoms with Gasteiger partial charge in [0, 0.05) is 37.0 Å². The molecule has 0 radical (unpaired) electrons. The molecule has 0 saturated carbocycles. The zero-order valence-corrected chi connectivity index (χ0v) is 10.7. The Hall–Kier alpha value is -2.60. The first-order valence-corrected chi connectivity index (χ1v) is 6.00. The lowest BCUT2D eigenvalue weighted by atomic mass is 10.1. The van der Waals surface area contributed by atoms with Gasteiger partial charge < -0.3 is 4.57 Å². The van der Waals surface area contributed by atoms with E-state index in [9.17, 15) is 4.79 Å². The Kier molecular flexibility index (Phi) is 3.94. The summed E-state index contributed by atoms with van der Waals surface area (Å²) in [4.78, 5) is 12.2. The quantitative estimate of drug-likeness (QED) is 0.618. The summed E-state index contributed by atoms with van der Waals surface area (Å²) in [7, 11) is 1.86. The van der Waals surface area contributed by atoms with E-state index in [1.165, 1.54) is 6.08 Å². The number of allylic oxidation sites excluding steroid dienone is 1. The number of aryl methyl sites for hydroxylation is 1. The molecule has 2 aromatic rings. The van der Waals surface area contributed by atoms with Crippen molar-refractivity contribution in [2.24, 2.45) is 7.05 Å². The van der Waals surface area contributed by atoms with Crippen LogP contribution in [0.3, 0.4) is 0 Å². The lowest BCUT2D eigenvalue weighted by Crippen LogP contribution is -2.02. The van der Waals surface area contributed by atoms with Crippen molar-refractivity contribution < 1.29 is 4.79 Å². The van der Waals surface area contributed by atoms with Crippen LogP contribution in [0.2, 0.25) is 0 Å². The Morgan fingerprint density at radius 3 is 2.79 bits per heavy atom. The van der Waals surface area contributed by atoms with E-state index in [-0.39, 0.29) is 5.78 Å². The predicted octanol–water partition coefficient (Wildman–Crippen LogP) is 2.99. The molecule has 0 fully saturated rings. The van der Waals surface area contributed by atoms with Gasteiger partial charge in [-0.25, -0.2) is 0 Å². The number of nitrogens with zero attached hydrogens (tertiary/aromatic N) is 2. The third-order valence-corrected chi connectivity index (χ3v) is 2.90. The van der Waals surface area contributed by atoms with Gasteiger partial charge in [0.25, 0.3) is 0 Å². The topological polar surface area (TPSA) is 45.8 Å². The fourth-order valence-corrected chi connectivity index (χ4v) is 1.91. The molecule has 3 heteroatoms. The standard InChI is InChI=1S/C16H14N2O/c1-18-12-14(11-15(18)8-5-9-17)16(19)10-13-6-3-2-4-7-13/h2-8,11-12H,10H2,1H3/b8-5+. The summed E-state index contributed by atoms with van der Waals surface area (Å²) in [5.41, 5.74) is 2.52.